The molecule has 14 heavy (non-hydrogen) atoms. The molecule has 4 nitrogen and oxygen atoms in total. The van der Waals surface area contributed by atoms with Crippen molar-refractivity contribution >= 4 is 5.91 Å². The summed E-state index contributed by atoms with van der Waals surface area (Å²) in [5, 5.41) is 0. The van der Waals surface area contributed by atoms with Crippen LogP contribution in [0.3, 0.4) is 0 Å². The highest BCUT2D eigenvalue weighted by Crippen LogP contribution is 1.99. The maximum Gasteiger partial charge on any atom is 0.239 e. The maximum atomic E-state index is 11.4. The van der Waals surface area contributed by atoms with Gasteiger partial charge in [-0.1, -0.05) is 6.07 Å². The number of hydrogen-bond donors (Lipinski definition) is 1. The summed E-state index contributed by atoms with van der Waals surface area (Å²) < 4.78 is 0. The molecule has 2 N–H and O–H groups in total. The van der Waals surface area contributed by atoms with Crippen molar-refractivity contribution in [2.45, 2.75) is 19.5 Å². The van der Waals surface area contributed by atoms with Gasteiger partial charge in [0.2, 0.25) is 5.91 Å². The third-order valence-corrected chi connectivity index (χ3v) is 1.89. The number of amides is 1. The molecule has 0 saturated heterocycles. The van der Waals surface area contributed by atoms with Crippen molar-refractivity contribution in [2.75, 3.05) is 7.05 Å². The SMILES string of the molecule is C[C@@H](N)C(=O)N(C)Cc1ccccn1. The van der Waals surface area contributed by atoms with Gasteiger partial charge < -0.3 is 10.6 Å². The largest absolute Gasteiger partial charge is 0.339 e. The predicted octanol–water partition coefficient (Wildman–Crippen LogP) is 0.387. The third kappa shape index (κ3) is 2.81. The molecular formula is C10H15N3O. The summed E-state index contributed by atoms with van der Waals surface area (Å²) in [4.78, 5) is 17.1. The van der Waals surface area contributed by atoms with Crippen LogP contribution in [-0.2, 0) is 11.3 Å². The molecule has 0 aliphatic heterocycles. The van der Waals surface area contributed by atoms with E-state index in [-0.39, 0.29) is 5.91 Å². The van der Waals surface area contributed by atoms with Gasteiger partial charge in [-0.05, 0) is 19.1 Å². The maximum absolute atomic E-state index is 11.4. The fourth-order valence-electron chi connectivity index (χ4n) is 1.16. The van der Waals surface area contributed by atoms with Crippen LogP contribution >= 0.6 is 0 Å². The fraction of sp³-hybridized carbons (Fsp3) is 0.400. The number of hydrogen-bond acceptors (Lipinski definition) is 3. The predicted molar refractivity (Wildman–Crippen MR) is 54.4 cm³/mol. The average molecular weight is 193 g/mol. The monoisotopic (exact) mass is 193 g/mol. The van der Waals surface area contributed by atoms with Gasteiger partial charge in [0.15, 0.2) is 0 Å². The number of carbonyl (C=O) groups excluding carboxylic acids is 1. The van der Waals surface area contributed by atoms with Gasteiger partial charge in [0.05, 0.1) is 18.3 Å². The van der Waals surface area contributed by atoms with Crippen LogP contribution < -0.4 is 5.73 Å². The van der Waals surface area contributed by atoms with E-state index in [1.54, 1.807) is 25.1 Å². The first-order chi connectivity index (χ1) is 6.61. The second kappa shape index (κ2) is 4.72. The van der Waals surface area contributed by atoms with E-state index in [0.29, 0.717) is 6.54 Å². The molecule has 0 aromatic carbocycles. The molecule has 0 bridgehead atoms. The molecule has 4 heteroatoms. The molecule has 76 valence electrons. The van der Waals surface area contributed by atoms with Crippen LogP contribution in [0.5, 0.6) is 0 Å². The molecule has 0 spiro atoms. The first-order valence-corrected chi connectivity index (χ1v) is 4.51. The Labute approximate surface area is 83.7 Å². The standard InChI is InChI=1S/C10H15N3O/c1-8(11)10(14)13(2)7-9-5-3-4-6-12-9/h3-6,8H,7,11H2,1-2H3/t8-/m1/s1. The van der Waals surface area contributed by atoms with Gasteiger partial charge in [-0.3, -0.25) is 9.78 Å². The topological polar surface area (TPSA) is 59.2 Å². The second-order valence-corrected chi connectivity index (χ2v) is 3.30. The Morgan fingerprint density at radius 3 is 2.86 bits per heavy atom. The first-order valence-electron chi connectivity index (χ1n) is 4.51. The fourth-order valence-corrected chi connectivity index (χ4v) is 1.16. The molecular weight excluding hydrogens is 178 g/mol. The van der Waals surface area contributed by atoms with E-state index in [4.69, 9.17) is 5.73 Å². The quantitative estimate of drug-likeness (QED) is 0.755. The van der Waals surface area contributed by atoms with Crippen LogP contribution in [0.2, 0.25) is 0 Å². The highest BCUT2D eigenvalue weighted by molar-refractivity contribution is 5.80. The molecule has 0 radical (unpaired) electrons. The zero-order valence-corrected chi connectivity index (χ0v) is 8.47. The smallest absolute Gasteiger partial charge is 0.239 e. The summed E-state index contributed by atoms with van der Waals surface area (Å²) in [6.07, 6.45) is 1.71. The van der Waals surface area contributed by atoms with Crippen molar-refractivity contribution in [3.05, 3.63) is 30.1 Å². The van der Waals surface area contributed by atoms with Crippen molar-refractivity contribution in [1.29, 1.82) is 0 Å². The van der Waals surface area contributed by atoms with E-state index in [9.17, 15) is 4.79 Å². The van der Waals surface area contributed by atoms with Gasteiger partial charge in [0.1, 0.15) is 0 Å². The Morgan fingerprint density at radius 1 is 1.64 bits per heavy atom. The number of rotatable bonds is 3. The van der Waals surface area contributed by atoms with Crippen LogP contribution in [0, 0.1) is 0 Å². The van der Waals surface area contributed by atoms with Gasteiger partial charge in [0.25, 0.3) is 0 Å². The number of likely N-dealkylation sites (N-methyl/N-ethyl adjacent to an activating group) is 1. The Kier molecular flexibility index (Phi) is 3.59. The summed E-state index contributed by atoms with van der Waals surface area (Å²) in [6.45, 7) is 2.18. The van der Waals surface area contributed by atoms with Crippen LogP contribution in [-0.4, -0.2) is 28.9 Å². The number of aromatic nitrogens is 1. The van der Waals surface area contributed by atoms with Crippen molar-refractivity contribution in [3.63, 3.8) is 0 Å². The van der Waals surface area contributed by atoms with E-state index in [1.807, 2.05) is 18.2 Å². The van der Waals surface area contributed by atoms with Crippen LogP contribution in [0.4, 0.5) is 0 Å². The Hall–Kier alpha value is -1.42. The van der Waals surface area contributed by atoms with E-state index in [1.165, 1.54) is 0 Å². The van der Waals surface area contributed by atoms with E-state index in [0.717, 1.165) is 5.69 Å². The Morgan fingerprint density at radius 2 is 2.36 bits per heavy atom. The molecule has 1 rings (SSSR count). The normalized spacial score (nSPS) is 12.2. The Bertz CT molecular complexity index is 297. The number of nitrogens with two attached hydrogens (primary N) is 1. The van der Waals surface area contributed by atoms with Gasteiger partial charge in [-0.25, -0.2) is 0 Å². The van der Waals surface area contributed by atoms with Crippen LogP contribution in [0.25, 0.3) is 0 Å². The van der Waals surface area contributed by atoms with Crippen molar-refractivity contribution in [2.24, 2.45) is 5.73 Å². The molecule has 0 saturated carbocycles. The molecule has 0 fully saturated rings. The lowest BCUT2D eigenvalue weighted by Crippen LogP contribution is -2.39. The third-order valence-electron chi connectivity index (χ3n) is 1.89. The highest BCUT2D eigenvalue weighted by atomic mass is 16.2. The lowest BCUT2D eigenvalue weighted by Gasteiger charge is -2.18. The molecule has 1 heterocycles. The van der Waals surface area contributed by atoms with Gasteiger partial charge in [0, 0.05) is 13.2 Å². The van der Waals surface area contributed by atoms with Gasteiger partial charge in [-0.2, -0.15) is 0 Å². The molecule has 0 aliphatic rings. The zero-order chi connectivity index (χ0) is 10.6. The lowest BCUT2D eigenvalue weighted by atomic mass is 10.3. The number of nitrogens with zero attached hydrogens (tertiary/aromatic N) is 2. The molecule has 1 atom stereocenters. The van der Waals surface area contributed by atoms with Crippen LogP contribution in [0.15, 0.2) is 24.4 Å². The second-order valence-electron chi connectivity index (χ2n) is 3.30. The summed E-state index contributed by atoms with van der Waals surface area (Å²) in [5.74, 6) is -0.0735. The summed E-state index contributed by atoms with van der Waals surface area (Å²) >= 11 is 0. The molecule has 1 aromatic heterocycles. The molecule has 1 amide bonds. The van der Waals surface area contributed by atoms with E-state index >= 15 is 0 Å². The van der Waals surface area contributed by atoms with Crippen LogP contribution in [0.1, 0.15) is 12.6 Å². The lowest BCUT2D eigenvalue weighted by molar-refractivity contribution is -0.131. The molecule has 0 unspecified atom stereocenters. The number of pyridine rings is 1. The molecule has 0 aliphatic carbocycles. The minimum absolute atomic E-state index is 0.0735. The summed E-state index contributed by atoms with van der Waals surface area (Å²) in [7, 11) is 1.72. The van der Waals surface area contributed by atoms with E-state index in [2.05, 4.69) is 4.98 Å². The first kappa shape index (κ1) is 10.7. The van der Waals surface area contributed by atoms with Crippen molar-refractivity contribution in [3.8, 4) is 0 Å². The summed E-state index contributed by atoms with van der Waals surface area (Å²) in [5.41, 5.74) is 6.34. The highest BCUT2D eigenvalue weighted by Gasteiger charge is 2.13. The minimum Gasteiger partial charge on any atom is -0.339 e. The zero-order valence-electron chi connectivity index (χ0n) is 8.47. The summed E-state index contributed by atoms with van der Waals surface area (Å²) in [6, 6.07) is 5.16. The molecule has 1 aromatic rings. The van der Waals surface area contributed by atoms with Gasteiger partial charge >= 0.3 is 0 Å². The van der Waals surface area contributed by atoms with Gasteiger partial charge in [-0.15, -0.1) is 0 Å². The average Bonchev–Trinajstić information content (AvgIpc) is 2.18. The van der Waals surface area contributed by atoms with E-state index < -0.39 is 6.04 Å². The Balaban J connectivity index is 2.57. The van der Waals surface area contributed by atoms with Crippen molar-refractivity contribution < 1.29 is 4.79 Å². The number of carbonyl (C=O) groups is 1. The van der Waals surface area contributed by atoms with Crippen molar-refractivity contribution in [1.82, 2.24) is 9.88 Å². The minimum atomic E-state index is -0.455.